The van der Waals surface area contributed by atoms with Crippen molar-refractivity contribution in [2.24, 2.45) is 0 Å². The number of halogens is 2. The van der Waals surface area contributed by atoms with E-state index in [9.17, 15) is 13.6 Å². The number of nitrogens with zero attached hydrogens (tertiary/aromatic N) is 1. The number of carbonyl (C=O) groups is 1. The molecule has 0 aromatic heterocycles. The maximum absolute atomic E-state index is 13.7. The van der Waals surface area contributed by atoms with Gasteiger partial charge in [0.1, 0.15) is 11.6 Å². The van der Waals surface area contributed by atoms with E-state index in [4.69, 9.17) is 12.6 Å². The molecule has 7 heteroatoms. The minimum absolute atomic E-state index is 0.0228. The molecule has 34 heavy (non-hydrogen) atoms. The molecule has 4 rings (SSSR count). The van der Waals surface area contributed by atoms with Crippen molar-refractivity contribution < 1.29 is 13.6 Å². The van der Waals surface area contributed by atoms with Gasteiger partial charge in [-0.1, -0.05) is 30.3 Å². The number of benzene rings is 3. The van der Waals surface area contributed by atoms with Gasteiger partial charge < -0.3 is 15.5 Å². The zero-order valence-electron chi connectivity index (χ0n) is 19.5. The summed E-state index contributed by atoms with van der Waals surface area (Å²) in [7, 11) is 4.03. The lowest BCUT2D eigenvalue weighted by molar-refractivity contribution is -0.119. The monoisotopic (exact) mass is 481 g/mol. The molecule has 1 unspecified atom stereocenters. The van der Waals surface area contributed by atoms with Crippen LogP contribution in [0.2, 0.25) is 0 Å². The van der Waals surface area contributed by atoms with E-state index in [0.29, 0.717) is 12.1 Å². The minimum atomic E-state index is -0.638. The van der Waals surface area contributed by atoms with Gasteiger partial charge in [0, 0.05) is 50.6 Å². The summed E-state index contributed by atoms with van der Waals surface area (Å²) in [5.41, 5.74) is 6.37. The van der Waals surface area contributed by atoms with Crippen LogP contribution in [0.3, 0.4) is 0 Å². The molecule has 0 radical (unpaired) electrons. The molecule has 0 heterocycles. The highest BCUT2D eigenvalue weighted by molar-refractivity contribution is 7.81. The van der Waals surface area contributed by atoms with E-state index in [-0.39, 0.29) is 23.6 Å². The maximum Gasteiger partial charge on any atom is 0.217 e. The molecule has 0 aliphatic heterocycles. The quantitative estimate of drug-likeness (QED) is 0.408. The van der Waals surface area contributed by atoms with Crippen molar-refractivity contribution in [3.8, 4) is 11.1 Å². The highest BCUT2D eigenvalue weighted by Gasteiger charge is 2.30. The van der Waals surface area contributed by atoms with Crippen molar-refractivity contribution in [3.63, 3.8) is 0 Å². The van der Waals surface area contributed by atoms with Crippen LogP contribution >= 0.6 is 12.6 Å². The third-order valence-corrected chi connectivity index (χ3v) is 6.73. The second-order valence-electron chi connectivity index (χ2n) is 8.95. The van der Waals surface area contributed by atoms with Crippen LogP contribution in [-0.4, -0.2) is 37.8 Å². The molecule has 1 aliphatic carbocycles. The topological polar surface area (TPSA) is 44.4 Å². The van der Waals surface area contributed by atoms with Crippen molar-refractivity contribution >= 4 is 24.2 Å². The normalized spacial score (nSPS) is 15.9. The van der Waals surface area contributed by atoms with Crippen LogP contribution in [-0.2, 0) is 11.2 Å². The van der Waals surface area contributed by atoms with Crippen molar-refractivity contribution in [1.82, 2.24) is 10.6 Å². The molecule has 0 saturated carbocycles. The predicted molar refractivity (Wildman–Crippen MR) is 136 cm³/mol. The van der Waals surface area contributed by atoms with Gasteiger partial charge in [0.25, 0.3) is 0 Å². The van der Waals surface area contributed by atoms with E-state index in [0.717, 1.165) is 11.8 Å². The third kappa shape index (κ3) is 5.26. The standard InChI is InChI=1S/C27H29F2N3OS/c1-16(33)31-25(12-17-10-18(28)13-19(29)11-17)26(34)15-30-27-23-7-5-4-6-21(23)22-9-8-20(32(2)3)14-24(22)27/h4-11,13-14,25-27,30,34H,12,15H2,1-3H3,(H,31,33)/t25-,26+,27?/m0/s1. The Bertz CT molecular complexity index is 1180. The van der Waals surface area contributed by atoms with Gasteiger partial charge in [-0.3, -0.25) is 4.79 Å². The van der Waals surface area contributed by atoms with E-state index in [1.807, 2.05) is 26.2 Å². The van der Waals surface area contributed by atoms with Crippen molar-refractivity contribution in [3.05, 3.63) is 89.0 Å². The first kappa shape index (κ1) is 24.2. The Morgan fingerprint density at radius 3 is 2.35 bits per heavy atom. The van der Waals surface area contributed by atoms with Gasteiger partial charge in [0.15, 0.2) is 0 Å². The summed E-state index contributed by atoms with van der Waals surface area (Å²) >= 11 is 4.77. The molecule has 2 N–H and O–H groups in total. The SMILES string of the molecule is CC(=O)N[C@@H](Cc1cc(F)cc(F)c1)[C@H](S)CNC1c2ccccc2-c2ccc(N(C)C)cc21. The summed E-state index contributed by atoms with van der Waals surface area (Å²) in [5.74, 6) is -1.49. The molecule has 4 nitrogen and oxygen atoms in total. The Morgan fingerprint density at radius 1 is 1.00 bits per heavy atom. The Balaban J connectivity index is 1.56. The summed E-state index contributed by atoms with van der Waals surface area (Å²) in [4.78, 5) is 13.9. The smallest absolute Gasteiger partial charge is 0.217 e. The molecule has 3 atom stereocenters. The maximum atomic E-state index is 13.7. The van der Waals surface area contributed by atoms with Crippen molar-refractivity contribution in [1.29, 1.82) is 0 Å². The van der Waals surface area contributed by atoms with E-state index < -0.39 is 17.7 Å². The highest BCUT2D eigenvalue weighted by Crippen LogP contribution is 2.44. The molecule has 3 aromatic carbocycles. The second-order valence-corrected chi connectivity index (χ2v) is 9.61. The average molecular weight is 482 g/mol. The van der Waals surface area contributed by atoms with Crippen LogP contribution < -0.4 is 15.5 Å². The van der Waals surface area contributed by atoms with E-state index in [1.54, 1.807) is 0 Å². The van der Waals surface area contributed by atoms with Gasteiger partial charge >= 0.3 is 0 Å². The number of nitrogens with one attached hydrogen (secondary N) is 2. The van der Waals surface area contributed by atoms with Gasteiger partial charge in [0.2, 0.25) is 5.91 Å². The Morgan fingerprint density at radius 2 is 1.68 bits per heavy atom. The number of hydrogen-bond donors (Lipinski definition) is 3. The summed E-state index contributed by atoms with van der Waals surface area (Å²) in [6, 6.07) is 17.8. The lowest BCUT2D eigenvalue weighted by Gasteiger charge is -2.27. The molecular formula is C27H29F2N3OS. The summed E-state index contributed by atoms with van der Waals surface area (Å²) < 4.78 is 27.4. The number of rotatable bonds is 8. The lowest BCUT2D eigenvalue weighted by atomic mass is 10.0. The summed E-state index contributed by atoms with van der Waals surface area (Å²) in [6.07, 6.45) is 0.271. The first-order chi connectivity index (χ1) is 16.2. The Kier molecular flexibility index (Phi) is 7.24. The third-order valence-electron chi connectivity index (χ3n) is 6.19. The number of amides is 1. The number of anilines is 1. The average Bonchev–Trinajstić information content (AvgIpc) is 3.09. The fourth-order valence-electron chi connectivity index (χ4n) is 4.60. The van der Waals surface area contributed by atoms with E-state index >= 15 is 0 Å². The van der Waals surface area contributed by atoms with Gasteiger partial charge in [-0.05, 0) is 58.5 Å². The van der Waals surface area contributed by atoms with E-state index in [2.05, 4.69) is 45.9 Å². The molecule has 1 aliphatic rings. The van der Waals surface area contributed by atoms with E-state index in [1.165, 1.54) is 41.3 Å². The van der Waals surface area contributed by atoms with Gasteiger partial charge in [-0.2, -0.15) is 12.6 Å². The number of carbonyl (C=O) groups excluding carboxylic acids is 1. The van der Waals surface area contributed by atoms with Gasteiger partial charge in [-0.25, -0.2) is 8.78 Å². The van der Waals surface area contributed by atoms with Crippen LogP contribution in [0.15, 0.2) is 60.7 Å². The van der Waals surface area contributed by atoms with Crippen LogP contribution in [0, 0.1) is 11.6 Å². The van der Waals surface area contributed by atoms with Crippen LogP contribution in [0.25, 0.3) is 11.1 Å². The first-order valence-corrected chi connectivity index (χ1v) is 11.8. The van der Waals surface area contributed by atoms with Crippen LogP contribution in [0.5, 0.6) is 0 Å². The van der Waals surface area contributed by atoms with Crippen molar-refractivity contribution in [2.45, 2.75) is 30.7 Å². The Hall–Kier alpha value is -2.90. The number of fused-ring (bicyclic) bond motifs is 3. The fraction of sp³-hybridized carbons (Fsp3) is 0.296. The highest BCUT2D eigenvalue weighted by atomic mass is 32.1. The minimum Gasteiger partial charge on any atom is -0.378 e. The molecule has 0 fully saturated rings. The zero-order chi connectivity index (χ0) is 24.4. The molecule has 178 valence electrons. The molecule has 3 aromatic rings. The number of hydrogen-bond acceptors (Lipinski definition) is 4. The summed E-state index contributed by atoms with van der Waals surface area (Å²) in [6.45, 7) is 1.91. The molecular weight excluding hydrogens is 452 g/mol. The molecule has 0 spiro atoms. The predicted octanol–water partition coefficient (Wildman–Crippen LogP) is 4.74. The van der Waals surface area contributed by atoms with Crippen LogP contribution in [0.4, 0.5) is 14.5 Å². The number of thiol groups is 1. The first-order valence-electron chi connectivity index (χ1n) is 11.3. The second kappa shape index (κ2) is 10.2. The summed E-state index contributed by atoms with van der Waals surface area (Å²) in [5, 5.41) is 6.24. The van der Waals surface area contributed by atoms with Crippen molar-refractivity contribution in [2.75, 3.05) is 25.5 Å². The largest absolute Gasteiger partial charge is 0.378 e. The van der Waals surface area contributed by atoms with Crippen LogP contribution in [0.1, 0.15) is 29.7 Å². The Labute approximate surface area is 204 Å². The fourth-order valence-corrected chi connectivity index (χ4v) is 4.89. The lowest BCUT2D eigenvalue weighted by Crippen LogP contribution is -2.46. The molecule has 0 saturated heterocycles. The molecule has 0 bridgehead atoms. The zero-order valence-corrected chi connectivity index (χ0v) is 20.4. The van der Waals surface area contributed by atoms with Gasteiger partial charge in [-0.15, -0.1) is 0 Å². The van der Waals surface area contributed by atoms with Gasteiger partial charge in [0.05, 0.1) is 6.04 Å². The molecule has 1 amide bonds.